The van der Waals surface area contributed by atoms with E-state index in [1.165, 1.54) is 0 Å². The maximum Gasteiger partial charge on any atom is 0.259 e. The van der Waals surface area contributed by atoms with Crippen molar-refractivity contribution < 1.29 is 4.79 Å². The molecule has 0 unspecified atom stereocenters. The number of carbonyl (C=O) groups excluding carboxylic acids is 1. The highest BCUT2D eigenvalue weighted by Gasteiger charge is 2.19. The van der Waals surface area contributed by atoms with Crippen LogP contribution in [-0.2, 0) is 6.54 Å². The van der Waals surface area contributed by atoms with Crippen molar-refractivity contribution in [1.29, 1.82) is 0 Å². The Hall–Kier alpha value is -3.62. The standard InChI is InChI=1S/C23H17N3OS/c1-2-17-10-6-11-19(14-17)24-23(27)20-16-26(15-18-8-4-3-5-9-18)25-22(20)21-12-7-13-28-21/h1,3-14,16H,15H2,(H,24,27). The number of hydrogen-bond acceptors (Lipinski definition) is 3. The SMILES string of the molecule is C#Cc1cccc(NC(=O)c2cn(Cc3ccccc3)nc2-c2cccs2)c1. The lowest BCUT2D eigenvalue weighted by atomic mass is 10.1. The highest BCUT2D eigenvalue weighted by atomic mass is 32.1. The van der Waals surface area contributed by atoms with E-state index >= 15 is 0 Å². The van der Waals surface area contributed by atoms with E-state index < -0.39 is 0 Å². The quantitative estimate of drug-likeness (QED) is 0.499. The van der Waals surface area contributed by atoms with Gasteiger partial charge in [-0.1, -0.05) is 48.4 Å². The third-order valence-electron chi connectivity index (χ3n) is 4.24. The van der Waals surface area contributed by atoms with Crippen LogP contribution in [0.25, 0.3) is 10.6 Å². The van der Waals surface area contributed by atoms with Crippen molar-refractivity contribution in [2.45, 2.75) is 6.54 Å². The fourth-order valence-electron chi connectivity index (χ4n) is 2.92. The van der Waals surface area contributed by atoms with Crippen LogP contribution in [-0.4, -0.2) is 15.7 Å². The molecular weight excluding hydrogens is 366 g/mol. The van der Waals surface area contributed by atoms with Gasteiger partial charge < -0.3 is 5.32 Å². The molecule has 5 heteroatoms. The summed E-state index contributed by atoms with van der Waals surface area (Å²) in [5, 5.41) is 9.58. The summed E-state index contributed by atoms with van der Waals surface area (Å²) < 4.78 is 1.80. The minimum absolute atomic E-state index is 0.211. The number of nitrogens with one attached hydrogen (secondary N) is 1. The van der Waals surface area contributed by atoms with Crippen LogP contribution in [0, 0.1) is 12.3 Å². The lowest BCUT2D eigenvalue weighted by Crippen LogP contribution is -2.12. The van der Waals surface area contributed by atoms with Crippen molar-refractivity contribution in [1.82, 2.24) is 9.78 Å². The molecule has 0 saturated heterocycles. The molecule has 0 fully saturated rings. The second kappa shape index (κ2) is 7.95. The van der Waals surface area contributed by atoms with E-state index in [4.69, 9.17) is 6.42 Å². The number of carbonyl (C=O) groups is 1. The van der Waals surface area contributed by atoms with Crippen LogP contribution in [0.1, 0.15) is 21.5 Å². The summed E-state index contributed by atoms with van der Waals surface area (Å²) in [6.07, 6.45) is 7.24. The molecule has 4 aromatic rings. The summed E-state index contributed by atoms with van der Waals surface area (Å²) in [5.41, 5.74) is 3.71. The normalized spacial score (nSPS) is 10.4. The van der Waals surface area contributed by atoms with E-state index in [0.717, 1.165) is 16.0 Å². The fraction of sp³-hybridized carbons (Fsp3) is 0.0435. The number of aromatic nitrogens is 2. The summed E-state index contributed by atoms with van der Waals surface area (Å²) in [6, 6.07) is 21.2. The van der Waals surface area contributed by atoms with Gasteiger partial charge in [0.1, 0.15) is 5.69 Å². The molecule has 0 spiro atoms. The smallest absolute Gasteiger partial charge is 0.259 e. The summed E-state index contributed by atoms with van der Waals surface area (Å²) in [7, 11) is 0. The van der Waals surface area contributed by atoms with Gasteiger partial charge in [0.05, 0.1) is 17.0 Å². The fourth-order valence-corrected chi connectivity index (χ4v) is 3.64. The molecule has 0 aliphatic heterocycles. The average Bonchev–Trinajstić information content (AvgIpc) is 3.38. The molecule has 2 aromatic heterocycles. The second-order valence-corrected chi connectivity index (χ2v) is 7.18. The van der Waals surface area contributed by atoms with Gasteiger partial charge in [0.15, 0.2) is 0 Å². The Bertz CT molecular complexity index is 1140. The molecule has 136 valence electrons. The molecule has 1 amide bonds. The van der Waals surface area contributed by atoms with Gasteiger partial charge in [-0.05, 0) is 35.2 Å². The van der Waals surface area contributed by atoms with Gasteiger partial charge in [-0.15, -0.1) is 17.8 Å². The summed E-state index contributed by atoms with van der Waals surface area (Å²) in [4.78, 5) is 13.9. The molecule has 0 aliphatic carbocycles. The van der Waals surface area contributed by atoms with E-state index in [0.29, 0.717) is 23.5 Å². The molecule has 0 bridgehead atoms. The Balaban J connectivity index is 1.66. The van der Waals surface area contributed by atoms with E-state index in [9.17, 15) is 4.79 Å². The first-order valence-corrected chi connectivity index (χ1v) is 9.64. The molecule has 28 heavy (non-hydrogen) atoms. The molecule has 2 aromatic carbocycles. The largest absolute Gasteiger partial charge is 0.322 e. The van der Waals surface area contributed by atoms with Gasteiger partial charge in [0.25, 0.3) is 5.91 Å². The van der Waals surface area contributed by atoms with E-state index in [1.54, 1.807) is 28.3 Å². The predicted molar refractivity (Wildman–Crippen MR) is 113 cm³/mol. The summed E-state index contributed by atoms with van der Waals surface area (Å²) in [6.45, 7) is 0.596. The van der Waals surface area contributed by atoms with Crippen LogP contribution >= 0.6 is 11.3 Å². The molecule has 1 N–H and O–H groups in total. The van der Waals surface area contributed by atoms with Gasteiger partial charge >= 0.3 is 0 Å². The third-order valence-corrected chi connectivity index (χ3v) is 5.11. The first-order valence-electron chi connectivity index (χ1n) is 8.76. The molecule has 2 heterocycles. The number of terminal acetylenes is 1. The van der Waals surface area contributed by atoms with E-state index in [2.05, 4.69) is 16.3 Å². The lowest BCUT2D eigenvalue weighted by Gasteiger charge is -2.05. The van der Waals surface area contributed by atoms with Gasteiger partial charge in [0, 0.05) is 17.4 Å². The van der Waals surface area contributed by atoms with Crippen LogP contribution in [0.4, 0.5) is 5.69 Å². The van der Waals surface area contributed by atoms with Crippen molar-refractivity contribution in [3.8, 4) is 22.9 Å². The van der Waals surface area contributed by atoms with Gasteiger partial charge in [-0.3, -0.25) is 9.48 Å². The molecular formula is C23H17N3OS. The number of thiophene rings is 1. The Morgan fingerprint density at radius 3 is 2.71 bits per heavy atom. The van der Waals surface area contributed by atoms with Gasteiger partial charge in [0.2, 0.25) is 0 Å². The summed E-state index contributed by atoms with van der Waals surface area (Å²) >= 11 is 1.56. The van der Waals surface area contributed by atoms with Crippen LogP contribution < -0.4 is 5.32 Å². The number of anilines is 1. The Morgan fingerprint density at radius 2 is 1.96 bits per heavy atom. The van der Waals surface area contributed by atoms with E-state index in [-0.39, 0.29) is 5.91 Å². The minimum atomic E-state index is -0.211. The first kappa shape index (κ1) is 17.8. The Kier molecular flexibility index (Phi) is 5.05. The molecule has 0 aliphatic rings. The van der Waals surface area contributed by atoms with Gasteiger partial charge in [-0.25, -0.2) is 0 Å². The monoisotopic (exact) mass is 383 g/mol. The van der Waals surface area contributed by atoms with E-state index in [1.807, 2.05) is 66.0 Å². The lowest BCUT2D eigenvalue weighted by molar-refractivity contribution is 0.102. The maximum atomic E-state index is 13.0. The van der Waals surface area contributed by atoms with Crippen molar-refractivity contribution in [2.24, 2.45) is 0 Å². The molecule has 0 atom stereocenters. The molecule has 4 rings (SSSR count). The number of benzene rings is 2. The summed E-state index contributed by atoms with van der Waals surface area (Å²) in [5.74, 6) is 2.37. The molecule has 4 nitrogen and oxygen atoms in total. The van der Waals surface area contributed by atoms with Crippen molar-refractivity contribution in [3.05, 3.63) is 95.0 Å². The average molecular weight is 383 g/mol. The third kappa shape index (κ3) is 3.88. The highest BCUT2D eigenvalue weighted by Crippen LogP contribution is 2.27. The topological polar surface area (TPSA) is 46.9 Å². The van der Waals surface area contributed by atoms with Gasteiger partial charge in [-0.2, -0.15) is 5.10 Å². The molecule has 0 radical (unpaired) electrons. The zero-order valence-corrected chi connectivity index (χ0v) is 15.8. The zero-order valence-electron chi connectivity index (χ0n) is 15.0. The first-order chi connectivity index (χ1) is 13.7. The van der Waals surface area contributed by atoms with Crippen LogP contribution in [0.2, 0.25) is 0 Å². The minimum Gasteiger partial charge on any atom is -0.322 e. The number of rotatable bonds is 5. The van der Waals surface area contributed by atoms with Crippen molar-refractivity contribution in [3.63, 3.8) is 0 Å². The number of nitrogens with zero attached hydrogens (tertiary/aromatic N) is 2. The van der Waals surface area contributed by atoms with Crippen molar-refractivity contribution in [2.75, 3.05) is 5.32 Å². The number of amides is 1. The van der Waals surface area contributed by atoms with Crippen LogP contribution in [0.3, 0.4) is 0 Å². The maximum absolute atomic E-state index is 13.0. The zero-order chi connectivity index (χ0) is 19.3. The Labute approximate surface area is 167 Å². The highest BCUT2D eigenvalue weighted by molar-refractivity contribution is 7.13. The van der Waals surface area contributed by atoms with Crippen LogP contribution in [0.15, 0.2) is 78.3 Å². The molecule has 0 saturated carbocycles. The van der Waals surface area contributed by atoms with Crippen LogP contribution in [0.5, 0.6) is 0 Å². The second-order valence-electron chi connectivity index (χ2n) is 6.23. The van der Waals surface area contributed by atoms with Crippen molar-refractivity contribution >= 4 is 22.9 Å². The number of hydrogen-bond donors (Lipinski definition) is 1. The predicted octanol–water partition coefficient (Wildman–Crippen LogP) is 4.89. The Morgan fingerprint density at radius 1 is 1.11 bits per heavy atom.